The van der Waals surface area contributed by atoms with Gasteiger partial charge in [0, 0.05) is 18.7 Å². The van der Waals surface area contributed by atoms with E-state index in [4.69, 9.17) is 0 Å². The van der Waals surface area contributed by atoms with Crippen molar-refractivity contribution >= 4 is 5.97 Å². The minimum atomic E-state index is -0.482. The van der Waals surface area contributed by atoms with Crippen LogP contribution in [0.3, 0.4) is 0 Å². The lowest BCUT2D eigenvalue weighted by atomic mass is 10.1. The molecular formula is C12H15F2NO2. The maximum Gasteiger partial charge on any atom is 0.309 e. The van der Waals surface area contributed by atoms with Crippen molar-refractivity contribution in [3.05, 3.63) is 35.4 Å². The van der Waals surface area contributed by atoms with E-state index in [1.54, 1.807) is 6.92 Å². The molecule has 1 rings (SSSR count). The maximum atomic E-state index is 13.2. The fraction of sp³-hybridized carbons (Fsp3) is 0.417. The number of hydrogen-bond acceptors (Lipinski definition) is 3. The van der Waals surface area contributed by atoms with Gasteiger partial charge in [0.15, 0.2) is 0 Å². The minimum absolute atomic E-state index is 0.172. The van der Waals surface area contributed by atoms with Gasteiger partial charge in [0.1, 0.15) is 11.6 Å². The second kappa shape index (κ2) is 6.30. The molecule has 0 saturated carbocycles. The molecule has 1 aromatic rings. The third-order valence-corrected chi connectivity index (χ3v) is 2.38. The lowest BCUT2D eigenvalue weighted by Crippen LogP contribution is -2.27. The summed E-state index contributed by atoms with van der Waals surface area (Å²) in [5, 5.41) is 2.88. The van der Waals surface area contributed by atoms with Crippen molar-refractivity contribution in [3.8, 4) is 0 Å². The average molecular weight is 243 g/mol. The van der Waals surface area contributed by atoms with Crippen LogP contribution in [0.2, 0.25) is 0 Å². The molecule has 0 spiro atoms. The molecule has 0 aliphatic rings. The van der Waals surface area contributed by atoms with Crippen LogP contribution in [0, 0.1) is 17.6 Å². The van der Waals surface area contributed by atoms with Crippen LogP contribution < -0.4 is 5.32 Å². The van der Waals surface area contributed by atoms with Crippen molar-refractivity contribution in [1.29, 1.82) is 0 Å². The molecule has 94 valence electrons. The normalized spacial score (nSPS) is 12.2. The maximum absolute atomic E-state index is 13.2. The van der Waals surface area contributed by atoms with Crippen LogP contribution in [-0.2, 0) is 16.1 Å². The third-order valence-electron chi connectivity index (χ3n) is 2.38. The smallest absolute Gasteiger partial charge is 0.309 e. The summed E-state index contributed by atoms with van der Waals surface area (Å²) in [7, 11) is 1.31. The molecule has 1 unspecified atom stereocenters. The van der Waals surface area contributed by atoms with Gasteiger partial charge in [-0.15, -0.1) is 0 Å². The van der Waals surface area contributed by atoms with Crippen molar-refractivity contribution in [2.24, 2.45) is 5.92 Å². The first-order valence-corrected chi connectivity index (χ1v) is 5.27. The Hall–Kier alpha value is -1.49. The lowest BCUT2D eigenvalue weighted by molar-refractivity contribution is -0.144. The van der Waals surface area contributed by atoms with Gasteiger partial charge in [-0.2, -0.15) is 0 Å². The first-order chi connectivity index (χ1) is 8.04. The molecule has 0 aliphatic heterocycles. The Labute approximate surface area is 98.8 Å². The van der Waals surface area contributed by atoms with E-state index in [2.05, 4.69) is 10.1 Å². The number of ether oxygens (including phenoxy) is 1. The van der Waals surface area contributed by atoms with Gasteiger partial charge >= 0.3 is 5.97 Å². The number of methoxy groups -OCH3 is 1. The number of nitrogens with one attached hydrogen (secondary N) is 1. The van der Waals surface area contributed by atoms with E-state index in [0.717, 1.165) is 18.2 Å². The highest BCUT2D eigenvalue weighted by atomic mass is 19.1. The molecule has 0 aliphatic carbocycles. The summed E-state index contributed by atoms with van der Waals surface area (Å²) in [6.07, 6.45) is 0. The molecule has 0 heterocycles. The second-order valence-corrected chi connectivity index (χ2v) is 3.79. The molecule has 0 amide bonds. The van der Waals surface area contributed by atoms with Crippen molar-refractivity contribution in [3.63, 3.8) is 0 Å². The molecule has 17 heavy (non-hydrogen) atoms. The summed E-state index contributed by atoms with van der Waals surface area (Å²) in [5.41, 5.74) is 0.238. The quantitative estimate of drug-likeness (QED) is 0.802. The number of hydrogen-bond donors (Lipinski definition) is 1. The predicted molar refractivity (Wildman–Crippen MR) is 59.2 cm³/mol. The number of rotatable bonds is 5. The Morgan fingerprint density at radius 3 is 2.82 bits per heavy atom. The van der Waals surface area contributed by atoms with Crippen molar-refractivity contribution < 1.29 is 18.3 Å². The van der Waals surface area contributed by atoms with Gasteiger partial charge in [0.2, 0.25) is 0 Å². The third kappa shape index (κ3) is 4.11. The minimum Gasteiger partial charge on any atom is -0.469 e. The zero-order chi connectivity index (χ0) is 12.8. The van der Waals surface area contributed by atoms with E-state index < -0.39 is 11.6 Å². The van der Waals surface area contributed by atoms with Crippen LogP contribution in [0.1, 0.15) is 12.5 Å². The van der Waals surface area contributed by atoms with Crippen LogP contribution in [-0.4, -0.2) is 19.6 Å². The first-order valence-electron chi connectivity index (χ1n) is 5.27. The molecule has 3 nitrogen and oxygen atoms in total. The largest absolute Gasteiger partial charge is 0.469 e. The van der Waals surface area contributed by atoms with Gasteiger partial charge in [-0.05, 0) is 18.2 Å². The van der Waals surface area contributed by atoms with Crippen LogP contribution in [0.15, 0.2) is 18.2 Å². The van der Waals surface area contributed by atoms with E-state index in [1.165, 1.54) is 7.11 Å². The zero-order valence-corrected chi connectivity index (χ0v) is 9.80. The van der Waals surface area contributed by atoms with E-state index in [0.29, 0.717) is 6.54 Å². The average Bonchev–Trinajstić information content (AvgIpc) is 2.32. The topological polar surface area (TPSA) is 38.3 Å². The standard InChI is InChI=1S/C12H15F2NO2/c1-8(12(16)17-2)6-15-7-9-5-10(13)3-4-11(9)14/h3-5,8,15H,6-7H2,1-2H3. The van der Waals surface area contributed by atoms with E-state index in [-0.39, 0.29) is 24.0 Å². The number of carbonyl (C=O) groups is 1. The molecule has 5 heteroatoms. The van der Waals surface area contributed by atoms with Crippen molar-refractivity contribution in [2.75, 3.05) is 13.7 Å². The van der Waals surface area contributed by atoms with Crippen LogP contribution in [0.4, 0.5) is 8.78 Å². The lowest BCUT2D eigenvalue weighted by Gasteiger charge is -2.10. The second-order valence-electron chi connectivity index (χ2n) is 3.79. The molecule has 1 aromatic carbocycles. The van der Waals surface area contributed by atoms with Crippen LogP contribution >= 0.6 is 0 Å². The molecule has 1 atom stereocenters. The Morgan fingerprint density at radius 2 is 2.18 bits per heavy atom. The van der Waals surface area contributed by atoms with Gasteiger partial charge in [-0.3, -0.25) is 4.79 Å². The highest BCUT2D eigenvalue weighted by Crippen LogP contribution is 2.09. The van der Waals surface area contributed by atoms with Gasteiger partial charge in [-0.25, -0.2) is 8.78 Å². The number of halogens is 2. The summed E-state index contributed by atoms with van der Waals surface area (Å²) in [4.78, 5) is 11.1. The molecule has 0 bridgehead atoms. The Kier molecular flexibility index (Phi) is 5.03. The number of benzene rings is 1. The molecular weight excluding hydrogens is 228 g/mol. The molecule has 0 aromatic heterocycles. The van der Waals surface area contributed by atoms with E-state index >= 15 is 0 Å². The summed E-state index contributed by atoms with van der Waals surface area (Å²) in [6, 6.07) is 3.27. The zero-order valence-electron chi connectivity index (χ0n) is 9.80. The molecule has 0 radical (unpaired) electrons. The van der Waals surface area contributed by atoms with Gasteiger partial charge in [-0.1, -0.05) is 6.92 Å². The Balaban J connectivity index is 2.45. The fourth-order valence-corrected chi connectivity index (χ4v) is 1.39. The summed E-state index contributed by atoms with van der Waals surface area (Å²) in [6.45, 7) is 2.22. The number of esters is 1. The highest BCUT2D eigenvalue weighted by Gasteiger charge is 2.12. The number of carbonyl (C=O) groups excluding carboxylic acids is 1. The van der Waals surface area contributed by atoms with E-state index in [1.807, 2.05) is 0 Å². The Morgan fingerprint density at radius 1 is 1.47 bits per heavy atom. The predicted octanol–water partition coefficient (Wildman–Crippen LogP) is 1.86. The van der Waals surface area contributed by atoms with Crippen LogP contribution in [0.5, 0.6) is 0 Å². The van der Waals surface area contributed by atoms with Gasteiger partial charge in [0.25, 0.3) is 0 Å². The monoisotopic (exact) mass is 243 g/mol. The van der Waals surface area contributed by atoms with Crippen LogP contribution in [0.25, 0.3) is 0 Å². The molecule has 0 fully saturated rings. The summed E-state index contributed by atoms with van der Waals surface area (Å²) < 4.78 is 30.6. The van der Waals surface area contributed by atoms with Gasteiger partial charge < -0.3 is 10.1 Å². The SMILES string of the molecule is COC(=O)C(C)CNCc1cc(F)ccc1F. The van der Waals surface area contributed by atoms with Gasteiger partial charge in [0.05, 0.1) is 13.0 Å². The van der Waals surface area contributed by atoms with E-state index in [9.17, 15) is 13.6 Å². The summed E-state index contributed by atoms with van der Waals surface area (Å²) >= 11 is 0. The Bertz CT molecular complexity index is 396. The summed E-state index contributed by atoms with van der Waals surface area (Å²) in [5.74, 6) is -1.61. The highest BCUT2D eigenvalue weighted by molar-refractivity contribution is 5.72. The molecule has 1 N–H and O–H groups in total. The first kappa shape index (κ1) is 13.6. The molecule has 0 saturated heterocycles. The fourth-order valence-electron chi connectivity index (χ4n) is 1.39. The van der Waals surface area contributed by atoms with Crippen molar-refractivity contribution in [1.82, 2.24) is 5.32 Å². The van der Waals surface area contributed by atoms with Crippen molar-refractivity contribution in [2.45, 2.75) is 13.5 Å².